The van der Waals surface area contributed by atoms with Crippen molar-refractivity contribution in [3.8, 4) is 11.1 Å². The topological polar surface area (TPSA) is 96.5 Å². The molecule has 2 heterocycles. The molecule has 10 heteroatoms. The lowest BCUT2D eigenvalue weighted by molar-refractivity contribution is -0.119. The summed E-state index contributed by atoms with van der Waals surface area (Å²) < 4.78 is 23.9. The third-order valence-corrected chi connectivity index (χ3v) is 5.58. The maximum absolute atomic E-state index is 14.9. The van der Waals surface area contributed by atoms with Crippen LogP contribution in [0.15, 0.2) is 47.8 Å². The van der Waals surface area contributed by atoms with Crippen molar-refractivity contribution in [2.24, 2.45) is 0 Å². The number of anilines is 1. The van der Waals surface area contributed by atoms with E-state index in [0.717, 1.165) is 16.8 Å². The van der Waals surface area contributed by atoms with Crippen molar-refractivity contribution in [2.75, 3.05) is 18.0 Å². The monoisotopic (exact) mass is 455 g/mol. The van der Waals surface area contributed by atoms with E-state index in [0.29, 0.717) is 24.3 Å². The molecule has 0 saturated carbocycles. The van der Waals surface area contributed by atoms with Gasteiger partial charge in [-0.05, 0) is 40.9 Å². The summed E-state index contributed by atoms with van der Waals surface area (Å²) >= 11 is 1.32. The Bertz CT molecular complexity index is 1090. The molecular formula is C22H22FN5O3S. The molecule has 8 nitrogen and oxygen atoms in total. The van der Waals surface area contributed by atoms with Crippen LogP contribution in [0.1, 0.15) is 18.2 Å². The summed E-state index contributed by atoms with van der Waals surface area (Å²) in [6, 6.07) is 12.3. The van der Waals surface area contributed by atoms with Crippen molar-refractivity contribution in [3.63, 3.8) is 0 Å². The van der Waals surface area contributed by atoms with E-state index in [1.54, 1.807) is 12.1 Å². The van der Waals surface area contributed by atoms with Crippen LogP contribution in [0.5, 0.6) is 0 Å². The molecule has 3 aromatic rings. The number of cyclic esters (lactones) is 1. The standard InChI is InChI=1S/C22H22FN5O3S/c1-14(29)25-11-19-12-28(22(30)31-19)18-6-7-20(21(23)8-18)16-4-2-15(3-5-16)9-24-10-17-13-32-27-26-17/h2-8,13,19,24H,9-12H2,1H3,(H,25,29). The van der Waals surface area contributed by atoms with Gasteiger partial charge < -0.3 is 15.4 Å². The first-order valence-electron chi connectivity index (χ1n) is 10.1. The van der Waals surface area contributed by atoms with E-state index in [4.69, 9.17) is 4.74 Å². The molecule has 1 fully saturated rings. The van der Waals surface area contributed by atoms with Gasteiger partial charge in [0.2, 0.25) is 5.91 Å². The van der Waals surface area contributed by atoms with Crippen LogP contribution in [0.4, 0.5) is 14.9 Å². The third-order valence-electron chi connectivity index (χ3n) is 5.02. The minimum atomic E-state index is -0.558. The van der Waals surface area contributed by atoms with Gasteiger partial charge >= 0.3 is 6.09 Å². The van der Waals surface area contributed by atoms with Crippen molar-refractivity contribution in [1.29, 1.82) is 0 Å². The summed E-state index contributed by atoms with van der Waals surface area (Å²) in [5.74, 6) is -0.629. The quantitative estimate of drug-likeness (QED) is 0.542. The van der Waals surface area contributed by atoms with E-state index in [1.807, 2.05) is 29.6 Å². The minimum Gasteiger partial charge on any atom is -0.442 e. The van der Waals surface area contributed by atoms with Crippen LogP contribution in [0.3, 0.4) is 0 Å². The summed E-state index contributed by atoms with van der Waals surface area (Å²) in [4.78, 5) is 24.6. The summed E-state index contributed by atoms with van der Waals surface area (Å²) in [5, 5.41) is 11.8. The minimum absolute atomic E-state index is 0.200. The molecule has 32 heavy (non-hydrogen) atoms. The largest absolute Gasteiger partial charge is 0.442 e. The Morgan fingerprint density at radius 2 is 2.06 bits per heavy atom. The van der Waals surface area contributed by atoms with Crippen LogP contribution in [-0.4, -0.2) is 40.8 Å². The molecular weight excluding hydrogens is 433 g/mol. The van der Waals surface area contributed by atoms with Gasteiger partial charge in [0, 0.05) is 31.0 Å². The molecule has 0 radical (unpaired) electrons. The average Bonchev–Trinajstić information content (AvgIpc) is 3.42. The predicted octanol–water partition coefficient (Wildman–Crippen LogP) is 3.10. The molecule has 1 aliphatic heterocycles. The van der Waals surface area contributed by atoms with Gasteiger partial charge in [-0.1, -0.05) is 28.8 Å². The molecule has 1 aliphatic rings. The number of halogens is 1. The van der Waals surface area contributed by atoms with Gasteiger partial charge in [-0.25, -0.2) is 9.18 Å². The first-order chi connectivity index (χ1) is 15.5. The zero-order valence-corrected chi connectivity index (χ0v) is 18.2. The van der Waals surface area contributed by atoms with Crippen molar-refractivity contribution < 1.29 is 18.7 Å². The van der Waals surface area contributed by atoms with Gasteiger partial charge in [-0.15, -0.1) is 5.10 Å². The fourth-order valence-electron chi connectivity index (χ4n) is 3.40. The molecule has 166 valence electrons. The highest BCUT2D eigenvalue weighted by Gasteiger charge is 2.32. The van der Waals surface area contributed by atoms with E-state index in [2.05, 4.69) is 20.2 Å². The first-order valence-corrected chi connectivity index (χ1v) is 10.9. The Morgan fingerprint density at radius 3 is 2.75 bits per heavy atom. The van der Waals surface area contributed by atoms with Crippen LogP contribution in [0, 0.1) is 5.82 Å². The van der Waals surface area contributed by atoms with E-state index < -0.39 is 18.0 Å². The molecule has 2 aromatic carbocycles. The summed E-state index contributed by atoms with van der Waals surface area (Å²) in [5.41, 5.74) is 3.58. The molecule has 2 amide bonds. The van der Waals surface area contributed by atoms with Crippen molar-refractivity contribution in [1.82, 2.24) is 20.2 Å². The molecule has 1 aromatic heterocycles. The number of hydrogen-bond donors (Lipinski definition) is 2. The second-order valence-corrected chi connectivity index (χ2v) is 8.02. The van der Waals surface area contributed by atoms with Gasteiger partial charge in [-0.2, -0.15) is 0 Å². The highest BCUT2D eigenvalue weighted by atomic mass is 32.1. The molecule has 1 atom stereocenters. The van der Waals surface area contributed by atoms with Gasteiger partial charge in [-0.3, -0.25) is 9.69 Å². The van der Waals surface area contributed by atoms with E-state index in [-0.39, 0.29) is 19.0 Å². The number of nitrogens with one attached hydrogen (secondary N) is 2. The normalized spacial score (nSPS) is 15.6. The zero-order valence-electron chi connectivity index (χ0n) is 17.4. The number of aromatic nitrogens is 2. The molecule has 0 spiro atoms. The number of benzene rings is 2. The molecule has 0 bridgehead atoms. The fourth-order valence-corrected chi connectivity index (χ4v) is 3.85. The molecule has 4 rings (SSSR count). The first kappa shape index (κ1) is 21.8. The second-order valence-electron chi connectivity index (χ2n) is 7.41. The van der Waals surface area contributed by atoms with E-state index in [1.165, 1.54) is 29.4 Å². The zero-order chi connectivity index (χ0) is 22.5. The van der Waals surface area contributed by atoms with Gasteiger partial charge in [0.25, 0.3) is 0 Å². The van der Waals surface area contributed by atoms with Crippen molar-refractivity contribution >= 4 is 29.2 Å². The molecule has 2 N–H and O–H groups in total. The Balaban J connectivity index is 1.38. The second kappa shape index (κ2) is 9.84. The highest BCUT2D eigenvalue weighted by molar-refractivity contribution is 7.03. The van der Waals surface area contributed by atoms with Crippen LogP contribution in [0.2, 0.25) is 0 Å². The number of ether oxygens (including phenoxy) is 1. The van der Waals surface area contributed by atoms with Crippen molar-refractivity contribution in [2.45, 2.75) is 26.1 Å². The van der Waals surface area contributed by atoms with E-state index >= 15 is 0 Å². The number of hydrogen-bond acceptors (Lipinski definition) is 7. The Hall–Kier alpha value is -3.37. The van der Waals surface area contributed by atoms with Crippen LogP contribution in [0.25, 0.3) is 11.1 Å². The SMILES string of the molecule is CC(=O)NCC1CN(c2ccc(-c3ccc(CNCc4csnn4)cc3)c(F)c2)C(=O)O1. The fraction of sp³-hybridized carbons (Fsp3) is 0.273. The smallest absolute Gasteiger partial charge is 0.414 e. The van der Waals surface area contributed by atoms with E-state index in [9.17, 15) is 14.0 Å². The van der Waals surface area contributed by atoms with Crippen LogP contribution in [-0.2, 0) is 22.6 Å². The molecule has 0 aliphatic carbocycles. The summed E-state index contributed by atoms with van der Waals surface area (Å²) in [6.07, 6.45) is -1.03. The maximum Gasteiger partial charge on any atom is 0.414 e. The Morgan fingerprint density at radius 1 is 1.25 bits per heavy atom. The Labute approximate surface area is 188 Å². The average molecular weight is 456 g/mol. The lowest BCUT2D eigenvalue weighted by atomic mass is 10.0. The van der Waals surface area contributed by atoms with Crippen molar-refractivity contribution in [3.05, 3.63) is 64.9 Å². The summed E-state index contributed by atoms with van der Waals surface area (Å²) in [7, 11) is 0. The predicted molar refractivity (Wildman–Crippen MR) is 119 cm³/mol. The van der Waals surface area contributed by atoms with Gasteiger partial charge in [0.05, 0.1) is 24.5 Å². The highest BCUT2D eigenvalue weighted by Crippen LogP contribution is 2.29. The molecule has 1 unspecified atom stereocenters. The number of carbonyl (C=O) groups is 2. The summed E-state index contributed by atoms with van der Waals surface area (Å²) in [6.45, 7) is 3.16. The number of amides is 2. The lowest BCUT2D eigenvalue weighted by Gasteiger charge is -2.15. The van der Waals surface area contributed by atoms with Gasteiger partial charge in [0.15, 0.2) is 0 Å². The van der Waals surface area contributed by atoms with Crippen LogP contribution < -0.4 is 15.5 Å². The van der Waals surface area contributed by atoms with Gasteiger partial charge in [0.1, 0.15) is 11.9 Å². The lowest BCUT2D eigenvalue weighted by Crippen LogP contribution is -2.33. The third kappa shape index (κ3) is 5.27. The number of rotatable bonds is 8. The number of nitrogens with zero attached hydrogens (tertiary/aromatic N) is 3. The molecule has 1 saturated heterocycles. The maximum atomic E-state index is 14.9. The number of carbonyl (C=O) groups excluding carboxylic acids is 2. The van der Waals surface area contributed by atoms with Crippen LogP contribution >= 0.6 is 11.5 Å². The Kier molecular flexibility index (Phi) is 6.72.